The normalized spacial score (nSPS) is 13.5. The molecule has 1 nitrogen and oxygen atoms in total. The molecule has 2 aromatic heterocycles. The van der Waals surface area contributed by atoms with Gasteiger partial charge in [0.15, 0.2) is 0 Å². The van der Waals surface area contributed by atoms with Gasteiger partial charge in [-0.05, 0) is 0 Å². The fourth-order valence-corrected chi connectivity index (χ4v) is 5.73. The van der Waals surface area contributed by atoms with Crippen LogP contribution in [0.25, 0.3) is 30.9 Å². The number of pyridine rings is 1. The van der Waals surface area contributed by atoms with Crippen LogP contribution < -0.4 is 0 Å². The number of rotatable bonds is 2. The summed E-state index contributed by atoms with van der Waals surface area (Å²) in [5.41, 5.74) is 6.85. The summed E-state index contributed by atoms with van der Waals surface area (Å²) in [6.45, 7) is 4.07. The molecule has 124 valence electrons. The van der Waals surface area contributed by atoms with Crippen LogP contribution >= 0.6 is 0 Å². The van der Waals surface area contributed by atoms with Crippen molar-refractivity contribution >= 4 is 24.1 Å². The number of aryl methyl sites for hydroxylation is 4. The Morgan fingerprint density at radius 2 is 1.68 bits per heavy atom. The molecular formula is C23H21NSe. The Hall–Kier alpha value is -2.15. The fourth-order valence-electron chi connectivity index (χ4n) is 3.34. The Bertz CT molecular complexity index is 1170. The molecule has 0 aliphatic heterocycles. The standard InChI is InChI=1S/C23H21NSe/c1-14-8-15(2)10-18(9-14)20-11-19-12-21(25-22(19)13-24-20)23-16(3)6-5-7-17(23)4/h5-13H,1-4H3/i3D3. The van der Waals surface area contributed by atoms with Gasteiger partial charge in [0.25, 0.3) is 0 Å². The van der Waals surface area contributed by atoms with E-state index in [4.69, 9.17) is 9.10 Å². The third-order valence-electron chi connectivity index (χ3n) is 4.44. The van der Waals surface area contributed by atoms with Crippen LogP contribution in [0.3, 0.4) is 0 Å². The third kappa shape index (κ3) is 3.08. The molecule has 4 aromatic rings. The summed E-state index contributed by atoms with van der Waals surface area (Å²) in [7, 11) is 0. The van der Waals surface area contributed by atoms with Gasteiger partial charge < -0.3 is 0 Å². The van der Waals surface area contributed by atoms with Gasteiger partial charge in [-0.25, -0.2) is 0 Å². The quantitative estimate of drug-likeness (QED) is 0.389. The SMILES string of the molecule is [2H]C([2H])([2H])c1cccc(C)c1-c1cc2cc(-c3cc(C)cc(C)c3)ncc2[se]1. The number of hydrogen-bond donors (Lipinski definition) is 0. The van der Waals surface area contributed by atoms with Gasteiger partial charge in [-0.1, -0.05) is 0 Å². The maximum atomic E-state index is 7.92. The molecule has 0 radical (unpaired) electrons. The van der Waals surface area contributed by atoms with Crippen molar-refractivity contribution in [3.05, 3.63) is 77.0 Å². The summed E-state index contributed by atoms with van der Waals surface area (Å²) in [4.78, 5) is 4.70. The molecule has 4 rings (SSSR count). The van der Waals surface area contributed by atoms with E-state index < -0.39 is 6.85 Å². The second-order valence-corrected chi connectivity index (χ2v) is 8.87. The fraction of sp³-hybridized carbons (Fsp3) is 0.174. The van der Waals surface area contributed by atoms with E-state index in [-0.39, 0.29) is 14.5 Å². The van der Waals surface area contributed by atoms with Crippen LogP contribution in [0.15, 0.2) is 54.7 Å². The molecular weight excluding hydrogens is 369 g/mol. The van der Waals surface area contributed by atoms with Crippen LogP contribution in [0.2, 0.25) is 0 Å². The van der Waals surface area contributed by atoms with Gasteiger partial charge in [0.1, 0.15) is 0 Å². The van der Waals surface area contributed by atoms with E-state index >= 15 is 0 Å². The molecule has 0 saturated carbocycles. The Morgan fingerprint density at radius 3 is 2.44 bits per heavy atom. The average Bonchev–Trinajstić information content (AvgIpc) is 3.02. The first-order valence-electron chi connectivity index (χ1n) is 9.81. The van der Waals surface area contributed by atoms with E-state index in [0.29, 0.717) is 5.56 Å². The Kier molecular flexibility index (Phi) is 3.30. The number of aromatic nitrogens is 1. The molecule has 2 aromatic carbocycles. The van der Waals surface area contributed by atoms with E-state index in [1.54, 1.807) is 6.07 Å². The molecule has 0 spiro atoms. The van der Waals surface area contributed by atoms with Crippen LogP contribution in [0.5, 0.6) is 0 Å². The minimum absolute atomic E-state index is 0.0511. The van der Waals surface area contributed by atoms with Crippen molar-refractivity contribution in [3.63, 3.8) is 0 Å². The molecule has 0 aliphatic carbocycles. The molecule has 0 N–H and O–H groups in total. The minimum atomic E-state index is -2.12. The van der Waals surface area contributed by atoms with E-state index in [0.717, 1.165) is 32.2 Å². The van der Waals surface area contributed by atoms with Crippen LogP contribution in [-0.2, 0) is 0 Å². The van der Waals surface area contributed by atoms with E-state index in [1.807, 2.05) is 25.3 Å². The zero-order valence-corrected chi connectivity index (χ0v) is 16.3. The second-order valence-electron chi connectivity index (χ2n) is 6.59. The molecule has 0 amide bonds. The summed E-state index contributed by atoms with van der Waals surface area (Å²) >= 11 is 0.0511. The van der Waals surface area contributed by atoms with Crippen molar-refractivity contribution in [3.8, 4) is 21.3 Å². The van der Waals surface area contributed by atoms with Crippen molar-refractivity contribution in [1.29, 1.82) is 0 Å². The van der Waals surface area contributed by atoms with E-state index in [9.17, 15) is 0 Å². The molecule has 0 saturated heterocycles. The van der Waals surface area contributed by atoms with Crippen LogP contribution in [0, 0.1) is 27.6 Å². The van der Waals surface area contributed by atoms with Crippen molar-refractivity contribution in [2.75, 3.05) is 0 Å². The predicted octanol–water partition coefficient (Wildman–Crippen LogP) is 5.86. The first-order chi connectivity index (χ1) is 13.2. The van der Waals surface area contributed by atoms with Gasteiger partial charge in [0.2, 0.25) is 0 Å². The zero-order valence-electron chi connectivity index (χ0n) is 17.6. The predicted molar refractivity (Wildman–Crippen MR) is 109 cm³/mol. The van der Waals surface area contributed by atoms with Gasteiger partial charge in [0.05, 0.1) is 0 Å². The average molecular weight is 393 g/mol. The molecule has 0 atom stereocenters. The van der Waals surface area contributed by atoms with Crippen molar-refractivity contribution in [1.82, 2.24) is 4.98 Å². The van der Waals surface area contributed by atoms with Gasteiger partial charge >= 0.3 is 159 Å². The number of fused-ring (bicyclic) bond motifs is 1. The monoisotopic (exact) mass is 394 g/mol. The molecule has 0 unspecified atom stereocenters. The Labute approximate surface area is 159 Å². The maximum absolute atomic E-state index is 7.92. The summed E-state index contributed by atoms with van der Waals surface area (Å²) < 4.78 is 26.1. The third-order valence-corrected chi connectivity index (χ3v) is 6.75. The van der Waals surface area contributed by atoms with Crippen molar-refractivity contribution in [2.45, 2.75) is 27.6 Å². The Balaban J connectivity index is 1.87. The summed E-state index contributed by atoms with van der Waals surface area (Å²) in [6.07, 6.45) is 1.96. The van der Waals surface area contributed by atoms with Gasteiger partial charge in [-0.2, -0.15) is 0 Å². The molecule has 0 bridgehead atoms. The summed E-state index contributed by atoms with van der Waals surface area (Å²) in [5, 5.41) is 1.15. The van der Waals surface area contributed by atoms with Gasteiger partial charge in [-0.15, -0.1) is 0 Å². The molecule has 25 heavy (non-hydrogen) atoms. The molecule has 2 heterocycles. The molecule has 0 aliphatic rings. The number of benzene rings is 2. The zero-order chi connectivity index (χ0) is 20.1. The van der Waals surface area contributed by atoms with Crippen molar-refractivity contribution in [2.24, 2.45) is 0 Å². The van der Waals surface area contributed by atoms with Gasteiger partial charge in [-0.3, -0.25) is 0 Å². The van der Waals surface area contributed by atoms with Crippen LogP contribution in [-0.4, -0.2) is 19.5 Å². The van der Waals surface area contributed by atoms with Gasteiger partial charge in [0, 0.05) is 0 Å². The first-order valence-corrected chi connectivity index (χ1v) is 10.0. The summed E-state index contributed by atoms with van der Waals surface area (Å²) in [6, 6.07) is 16.3. The van der Waals surface area contributed by atoms with Crippen molar-refractivity contribution < 1.29 is 4.11 Å². The number of nitrogens with zero attached hydrogens (tertiary/aromatic N) is 1. The number of hydrogen-bond acceptors (Lipinski definition) is 1. The summed E-state index contributed by atoms with van der Waals surface area (Å²) in [5.74, 6) is 0. The molecule has 0 fully saturated rings. The molecule has 2 heteroatoms. The Morgan fingerprint density at radius 1 is 0.920 bits per heavy atom. The first kappa shape index (κ1) is 13.1. The van der Waals surface area contributed by atoms with E-state index in [1.165, 1.54) is 15.4 Å². The van der Waals surface area contributed by atoms with E-state index in [2.05, 4.69) is 44.2 Å². The second kappa shape index (κ2) is 6.29. The van der Waals surface area contributed by atoms with Crippen LogP contribution in [0.1, 0.15) is 26.4 Å². The topological polar surface area (TPSA) is 12.9 Å². The van der Waals surface area contributed by atoms with Crippen LogP contribution in [0.4, 0.5) is 0 Å².